The molecule has 0 radical (unpaired) electrons. The standard InChI is InChI=1S/C12H20O2/c1-3-5-7-10-9-11(13)12(14-10)8-6-4-2/h4,6,10,12H,3,5,7-9H2,1-2H3/t10-,12-/m0/s1. The van der Waals surface area contributed by atoms with E-state index >= 15 is 0 Å². The second kappa shape index (κ2) is 5.97. The molecule has 1 rings (SSSR count). The van der Waals surface area contributed by atoms with E-state index in [0.29, 0.717) is 6.42 Å². The Labute approximate surface area is 86.3 Å². The molecule has 0 N–H and O–H groups in total. The molecule has 1 fully saturated rings. The van der Waals surface area contributed by atoms with Crippen LogP contribution in [0.4, 0.5) is 0 Å². The van der Waals surface area contributed by atoms with E-state index in [4.69, 9.17) is 4.74 Å². The number of ketones is 1. The van der Waals surface area contributed by atoms with E-state index in [9.17, 15) is 4.79 Å². The molecule has 0 spiro atoms. The number of carbonyl (C=O) groups is 1. The fraction of sp³-hybridized carbons (Fsp3) is 0.750. The van der Waals surface area contributed by atoms with Gasteiger partial charge in [0, 0.05) is 6.42 Å². The minimum Gasteiger partial charge on any atom is -0.366 e. The molecule has 1 saturated heterocycles. The zero-order chi connectivity index (χ0) is 10.4. The van der Waals surface area contributed by atoms with Crippen LogP contribution in [0.2, 0.25) is 0 Å². The first-order valence-corrected chi connectivity index (χ1v) is 5.57. The van der Waals surface area contributed by atoms with Gasteiger partial charge in [0.2, 0.25) is 0 Å². The van der Waals surface area contributed by atoms with Gasteiger partial charge in [-0.05, 0) is 19.8 Å². The van der Waals surface area contributed by atoms with Crippen molar-refractivity contribution in [3.63, 3.8) is 0 Å². The van der Waals surface area contributed by atoms with Crippen LogP contribution in [0, 0.1) is 0 Å². The molecule has 0 aromatic rings. The zero-order valence-corrected chi connectivity index (χ0v) is 9.16. The fourth-order valence-corrected chi connectivity index (χ4v) is 1.76. The van der Waals surface area contributed by atoms with Crippen molar-refractivity contribution in [3.8, 4) is 0 Å². The van der Waals surface area contributed by atoms with Gasteiger partial charge in [-0.1, -0.05) is 31.9 Å². The molecule has 2 atom stereocenters. The molecule has 0 unspecified atom stereocenters. The first kappa shape index (κ1) is 11.4. The largest absolute Gasteiger partial charge is 0.366 e. The van der Waals surface area contributed by atoms with Gasteiger partial charge in [-0.2, -0.15) is 0 Å². The first-order chi connectivity index (χ1) is 6.77. The second-order valence-electron chi connectivity index (χ2n) is 3.86. The molecule has 1 aliphatic heterocycles. The summed E-state index contributed by atoms with van der Waals surface area (Å²) in [6, 6.07) is 0. The van der Waals surface area contributed by atoms with Gasteiger partial charge >= 0.3 is 0 Å². The summed E-state index contributed by atoms with van der Waals surface area (Å²) >= 11 is 0. The van der Waals surface area contributed by atoms with Gasteiger partial charge in [-0.3, -0.25) is 4.79 Å². The van der Waals surface area contributed by atoms with Crippen molar-refractivity contribution in [2.24, 2.45) is 0 Å². The van der Waals surface area contributed by atoms with E-state index in [1.54, 1.807) is 0 Å². The van der Waals surface area contributed by atoms with E-state index in [1.807, 2.05) is 19.1 Å². The second-order valence-corrected chi connectivity index (χ2v) is 3.86. The van der Waals surface area contributed by atoms with Crippen molar-refractivity contribution in [1.82, 2.24) is 0 Å². The Bertz CT molecular complexity index is 208. The van der Waals surface area contributed by atoms with Crippen LogP contribution in [0.1, 0.15) is 46.0 Å². The maximum Gasteiger partial charge on any atom is 0.164 e. The average molecular weight is 196 g/mol. The molecule has 0 aliphatic carbocycles. The van der Waals surface area contributed by atoms with Gasteiger partial charge in [-0.15, -0.1) is 0 Å². The molecule has 0 aromatic heterocycles. The van der Waals surface area contributed by atoms with E-state index in [0.717, 1.165) is 19.3 Å². The monoisotopic (exact) mass is 196 g/mol. The van der Waals surface area contributed by atoms with Gasteiger partial charge in [0.25, 0.3) is 0 Å². The molecule has 2 nitrogen and oxygen atoms in total. The Balaban J connectivity index is 2.31. The number of ether oxygens (including phenoxy) is 1. The summed E-state index contributed by atoms with van der Waals surface area (Å²) in [4.78, 5) is 11.5. The fourth-order valence-electron chi connectivity index (χ4n) is 1.76. The third kappa shape index (κ3) is 3.26. The van der Waals surface area contributed by atoms with Gasteiger partial charge in [0.15, 0.2) is 5.78 Å². The van der Waals surface area contributed by atoms with E-state index in [2.05, 4.69) is 6.92 Å². The maximum absolute atomic E-state index is 11.5. The Kier molecular flexibility index (Phi) is 4.88. The molecule has 1 aliphatic rings. The van der Waals surface area contributed by atoms with Crippen molar-refractivity contribution in [2.75, 3.05) is 0 Å². The van der Waals surface area contributed by atoms with Crippen molar-refractivity contribution >= 4 is 5.78 Å². The molecule has 0 amide bonds. The summed E-state index contributed by atoms with van der Waals surface area (Å²) in [5, 5.41) is 0. The lowest BCUT2D eigenvalue weighted by Gasteiger charge is -2.10. The van der Waals surface area contributed by atoms with Crippen molar-refractivity contribution in [1.29, 1.82) is 0 Å². The van der Waals surface area contributed by atoms with Crippen LogP contribution in [0.25, 0.3) is 0 Å². The lowest BCUT2D eigenvalue weighted by Crippen LogP contribution is -2.14. The minimum absolute atomic E-state index is 0.159. The Morgan fingerprint density at radius 2 is 2.36 bits per heavy atom. The zero-order valence-electron chi connectivity index (χ0n) is 9.16. The van der Waals surface area contributed by atoms with Crippen LogP contribution in [-0.4, -0.2) is 18.0 Å². The van der Waals surface area contributed by atoms with Gasteiger partial charge < -0.3 is 4.74 Å². The number of Topliss-reactive ketones (excluding diaryl/α,β-unsaturated/α-hetero) is 1. The van der Waals surface area contributed by atoms with E-state index in [1.165, 1.54) is 6.42 Å². The topological polar surface area (TPSA) is 26.3 Å². The van der Waals surface area contributed by atoms with Gasteiger partial charge in [0.1, 0.15) is 6.10 Å². The number of allylic oxidation sites excluding steroid dienone is 1. The van der Waals surface area contributed by atoms with Gasteiger partial charge in [0.05, 0.1) is 6.10 Å². The summed E-state index contributed by atoms with van der Waals surface area (Å²) in [6.45, 7) is 4.13. The van der Waals surface area contributed by atoms with Crippen LogP contribution in [0.5, 0.6) is 0 Å². The molecule has 1 heterocycles. The van der Waals surface area contributed by atoms with Gasteiger partial charge in [-0.25, -0.2) is 0 Å². The predicted octanol–water partition coefficient (Wildman–Crippen LogP) is 2.87. The maximum atomic E-state index is 11.5. The summed E-state index contributed by atoms with van der Waals surface area (Å²) in [5.41, 5.74) is 0. The molecular formula is C12H20O2. The third-order valence-corrected chi connectivity index (χ3v) is 2.61. The normalized spacial score (nSPS) is 27.7. The van der Waals surface area contributed by atoms with Crippen molar-refractivity contribution in [2.45, 2.75) is 58.2 Å². The van der Waals surface area contributed by atoms with E-state index in [-0.39, 0.29) is 18.0 Å². The summed E-state index contributed by atoms with van der Waals surface area (Å²) in [6.07, 6.45) is 8.75. The lowest BCUT2D eigenvalue weighted by atomic mass is 10.1. The number of carbonyl (C=O) groups excluding carboxylic acids is 1. The molecule has 0 aromatic carbocycles. The third-order valence-electron chi connectivity index (χ3n) is 2.61. The van der Waals surface area contributed by atoms with Crippen LogP contribution in [0.15, 0.2) is 12.2 Å². The quantitative estimate of drug-likeness (QED) is 0.632. The van der Waals surface area contributed by atoms with Crippen LogP contribution < -0.4 is 0 Å². The Morgan fingerprint density at radius 3 is 3.00 bits per heavy atom. The smallest absolute Gasteiger partial charge is 0.164 e. The van der Waals surface area contributed by atoms with Crippen LogP contribution >= 0.6 is 0 Å². The number of rotatable bonds is 5. The highest BCUT2D eigenvalue weighted by Crippen LogP contribution is 2.22. The highest BCUT2D eigenvalue weighted by molar-refractivity contribution is 5.85. The summed E-state index contributed by atoms with van der Waals surface area (Å²) in [5.74, 6) is 0.282. The van der Waals surface area contributed by atoms with Crippen LogP contribution in [-0.2, 0) is 9.53 Å². The molecular weight excluding hydrogens is 176 g/mol. The average Bonchev–Trinajstić information content (AvgIpc) is 2.53. The van der Waals surface area contributed by atoms with Crippen molar-refractivity contribution in [3.05, 3.63) is 12.2 Å². The minimum atomic E-state index is -0.159. The van der Waals surface area contributed by atoms with Crippen LogP contribution in [0.3, 0.4) is 0 Å². The first-order valence-electron chi connectivity index (χ1n) is 5.57. The molecule has 2 heteroatoms. The summed E-state index contributed by atoms with van der Waals surface area (Å²) < 4.78 is 5.68. The van der Waals surface area contributed by atoms with Crippen molar-refractivity contribution < 1.29 is 9.53 Å². The summed E-state index contributed by atoms with van der Waals surface area (Å²) in [7, 11) is 0. The SMILES string of the molecule is CC=CC[C@@H]1O[C@@H](CCCC)CC1=O. The lowest BCUT2D eigenvalue weighted by molar-refractivity contribution is -0.122. The predicted molar refractivity (Wildman–Crippen MR) is 57.2 cm³/mol. The molecule has 80 valence electrons. The molecule has 14 heavy (non-hydrogen) atoms. The Morgan fingerprint density at radius 1 is 1.57 bits per heavy atom. The van der Waals surface area contributed by atoms with E-state index < -0.39 is 0 Å². The molecule has 0 saturated carbocycles. The number of hydrogen-bond acceptors (Lipinski definition) is 2. The number of hydrogen-bond donors (Lipinski definition) is 0. The highest BCUT2D eigenvalue weighted by Gasteiger charge is 2.31. The number of unbranched alkanes of at least 4 members (excludes halogenated alkanes) is 1. The highest BCUT2D eigenvalue weighted by atomic mass is 16.5. The molecule has 0 bridgehead atoms. The Hall–Kier alpha value is -0.630.